The fraction of sp³-hybridized carbons (Fsp3) is 0.214. The third-order valence-electron chi connectivity index (χ3n) is 3.00. The number of benzene rings is 1. The second kappa shape index (κ2) is 5.48. The van der Waals surface area contributed by atoms with Gasteiger partial charge >= 0.3 is 5.97 Å². The van der Waals surface area contributed by atoms with E-state index in [-0.39, 0.29) is 5.56 Å². The van der Waals surface area contributed by atoms with Gasteiger partial charge in [-0.3, -0.25) is 0 Å². The summed E-state index contributed by atoms with van der Waals surface area (Å²) in [6, 6.07) is 7.13. The SMILES string of the molecule is Cc1occc1CN(C)c1ccc(C(=O)O)c(Br)c1. The number of carbonyl (C=O) groups is 1. The van der Waals surface area contributed by atoms with Gasteiger partial charge in [-0.2, -0.15) is 0 Å². The predicted molar refractivity (Wildman–Crippen MR) is 76.7 cm³/mol. The number of aromatic carboxylic acids is 1. The Labute approximate surface area is 119 Å². The maximum atomic E-state index is 10.9. The molecular formula is C14H14BrNO3. The highest BCUT2D eigenvalue weighted by Crippen LogP contribution is 2.25. The Hall–Kier alpha value is -1.75. The molecule has 0 radical (unpaired) electrons. The lowest BCUT2D eigenvalue weighted by molar-refractivity contribution is 0.0696. The van der Waals surface area contributed by atoms with Crippen LogP contribution in [0.3, 0.4) is 0 Å². The smallest absolute Gasteiger partial charge is 0.336 e. The summed E-state index contributed by atoms with van der Waals surface area (Å²) in [5.41, 5.74) is 2.31. The molecule has 1 heterocycles. The van der Waals surface area contributed by atoms with Crippen molar-refractivity contribution in [2.45, 2.75) is 13.5 Å². The number of halogens is 1. The van der Waals surface area contributed by atoms with E-state index in [1.165, 1.54) is 0 Å². The highest BCUT2D eigenvalue weighted by atomic mass is 79.9. The molecule has 2 rings (SSSR count). The van der Waals surface area contributed by atoms with E-state index in [0.717, 1.165) is 17.0 Å². The van der Waals surface area contributed by atoms with Crippen LogP contribution in [0.2, 0.25) is 0 Å². The molecule has 4 nitrogen and oxygen atoms in total. The van der Waals surface area contributed by atoms with Crippen molar-refractivity contribution >= 4 is 27.6 Å². The second-order valence-corrected chi connectivity index (χ2v) is 5.18. The molecule has 0 aliphatic rings. The molecule has 19 heavy (non-hydrogen) atoms. The molecule has 0 saturated heterocycles. The lowest BCUT2D eigenvalue weighted by Gasteiger charge is -2.19. The number of hydrogen-bond acceptors (Lipinski definition) is 3. The van der Waals surface area contributed by atoms with Crippen molar-refractivity contribution in [3.8, 4) is 0 Å². The van der Waals surface area contributed by atoms with Crippen molar-refractivity contribution in [2.24, 2.45) is 0 Å². The summed E-state index contributed by atoms with van der Waals surface area (Å²) < 4.78 is 5.84. The molecule has 0 aliphatic carbocycles. The quantitative estimate of drug-likeness (QED) is 0.932. The minimum atomic E-state index is -0.938. The first kappa shape index (κ1) is 13.7. The van der Waals surface area contributed by atoms with Gasteiger partial charge < -0.3 is 14.4 Å². The number of carboxylic acid groups (broad SMARTS) is 1. The summed E-state index contributed by atoms with van der Waals surface area (Å²) in [7, 11) is 1.95. The van der Waals surface area contributed by atoms with Crippen molar-refractivity contribution in [1.82, 2.24) is 0 Å². The van der Waals surface area contributed by atoms with Crippen LogP contribution in [0.25, 0.3) is 0 Å². The first-order valence-electron chi connectivity index (χ1n) is 5.76. The Balaban J connectivity index is 2.20. The molecule has 0 amide bonds. The average molecular weight is 324 g/mol. The van der Waals surface area contributed by atoms with Crippen molar-refractivity contribution < 1.29 is 14.3 Å². The van der Waals surface area contributed by atoms with E-state index in [4.69, 9.17) is 9.52 Å². The van der Waals surface area contributed by atoms with E-state index in [2.05, 4.69) is 15.9 Å². The zero-order chi connectivity index (χ0) is 14.0. The van der Waals surface area contributed by atoms with Gasteiger partial charge in [0.1, 0.15) is 5.76 Å². The number of anilines is 1. The van der Waals surface area contributed by atoms with Gasteiger partial charge in [0, 0.05) is 29.3 Å². The van der Waals surface area contributed by atoms with Gasteiger partial charge in [-0.05, 0) is 47.1 Å². The third kappa shape index (κ3) is 2.98. The molecule has 2 aromatic rings. The Bertz CT molecular complexity index is 606. The van der Waals surface area contributed by atoms with Gasteiger partial charge in [-0.25, -0.2) is 4.79 Å². The molecule has 0 atom stereocenters. The molecule has 1 aromatic carbocycles. The van der Waals surface area contributed by atoms with Crippen LogP contribution in [0.4, 0.5) is 5.69 Å². The number of carboxylic acids is 1. The first-order valence-corrected chi connectivity index (χ1v) is 6.55. The summed E-state index contributed by atoms with van der Waals surface area (Å²) in [6.45, 7) is 2.63. The van der Waals surface area contributed by atoms with Crippen LogP contribution in [-0.4, -0.2) is 18.1 Å². The molecule has 0 spiro atoms. The average Bonchev–Trinajstić information content (AvgIpc) is 2.74. The Morgan fingerprint density at radius 2 is 2.16 bits per heavy atom. The molecule has 0 saturated carbocycles. The van der Waals surface area contributed by atoms with E-state index in [1.807, 2.05) is 24.9 Å². The largest absolute Gasteiger partial charge is 0.478 e. The van der Waals surface area contributed by atoms with Crippen LogP contribution in [0.1, 0.15) is 21.7 Å². The van der Waals surface area contributed by atoms with Crippen LogP contribution >= 0.6 is 15.9 Å². The molecule has 0 unspecified atom stereocenters. The fourth-order valence-corrected chi connectivity index (χ4v) is 2.37. The van der Waals surface area contributed by atoms with Crippen molar-refractivity contribution in [3.05, 3.63) is 51.9 Å². The topological polar surface area (TPSA) is 53.7 Å². The monoisotopic (exact) mass is 323 g/mol. The number of rotatable bonds is 4. The third-order valence-corrected chi connectivity index (χ3v) is 3.65. The van der Waals surface area contributed by atoms with Gasteiger partial charge in [0.25, 0.3) is 0 Å². The molecule has 1 aromatic heterocycles. The molecule has 0 fully saturated rings. The molecule has 100 valence electrons. The Morgan fingerprint density at radius 3 is 2.68 bits per heavy atom. The van der Waals surface area contributed by atoms with Crippen molar-refractivity contribution in [3.63, 3.8) is 0 Å². The second-order valence-electron chi connectivity index (χ2n) is 4.33. The van der Waals surface area contributed by atoms with E-state index in [1.54, 1.807) is 24.5 Å². The van der Waals surface area contributed by atoms with Crippen LogP contribution in [-0.2, 0) is 6.54 Å². The summed E-state index contributed by atoms with van der Waals surface area (Å²) in [5, 5.41) is 8.98. The normalized spacial score (nSPS) is 10.5. The van der Waals surface area contributed by atoms with Gasteiger partial charge in [0.15, 0.2) is 0 Å². The van der Waals surface area contributed by atoms with Gasteiger partial charge in [0.05, 0.1) is 11.8 Å². The standard InChI is InChI=1S/C14H14BrNO3/c1-9-10(5-6-19-9)8-16(2)11-3-4-12(14(17)18)13(15)7-11/h3-7H,8H2,1-2H3,(H,17,18). The molecule has 5 heteroatoms. The molecule has 0 bridgehead atoms. The summed E-state index contributed by atoms with van der Waals surface area (Å²) in [5.74, 6) is -0.0418. The highest BCUT2D eigenvalue weighted by molar-refractivity contribution is 9.10. The van der Waals surface area contributed by atoms with Gasteiger partial charge in [-0.1, -0.05) is 0 Å². The Kier molecular flexibility index (Phi) is 3.95. The maximum absolute atomic E-state index is 10.9. The summed E-state index contributed by atoms with van der Waals surface area (Å²) >= 11 is 3.28. The predicted octanol–water partition coefficient (Wildman–Crippen LogP) is 3.69. The van der Waals surface area contributed by atoms with Crippen molar-refractivity contribution in [2.75, 3.05) is 11.9 Å². The molecule has 1 N–H and O–H groups in total. The fourth-order valence-electron chi connectivity index (χ4n) is 1.84. The van der Waals surface area contributed by atoms with Crippen LogP contribution in [0.15, 0.2) is 39.4 Å². The van der Waals surface area contributed by atoms with Crippen molar-refractivity contribution in [1.29, 1.82) is 0 Å². The number of aryl methyl sites for hydroxylation is 1. The molecule has 0 aliphatic heterocycles. The highest BCUT2D eigenvalue weighted by Gasteiger charge is 2.11. The summed E-state index contributed by atoms with van der Waals surface area (Å²) in [4.78, 5) is 13.0. The van der Waals surface area contributed by atoms with E-state index in [9.17, 15) is 4.79 Å². The zero-order valence-corrected chi connectivity index (χ0v) is 12.3. The molecular weight excluding hydrogens is 310 g/mol. The first-order chi connectivity index (χ1) is 8.99. The van der Waals surface area contributed by atoms with Crippen LogP contribution in [0, 0.1) is 6.92 Å². The Morgan fingerprint density at radius 1 is 1.42 bits per heavy atom. The number of hydrogen-bond donors (Lipinski definition) is 1. The lowest BCUT2D eigenvalue weighted by Crippen LogP contribution is -2.16. The van der Waals surface area contributed by atoms with Crippen LogP contribution in [0.5, 0.6) is 0 Å². The number of nitrogens with zero attached hydrogens (tertiary/aromatic N) is 1. The maximum Gasteiger partial charge on any atom is 0.336 e. The van der Waals surface area contributed by atoms with Gasteiger partial charge in [0.2, 0.25) is 0 Å². The van der Waals surface area contributed by atoms with E-state index >= 15 is 0 Å². The zero-order valence-electron chi connectivity index (χ0n) is 10.7. The lowest BCUT2D eigenvalue weighted by atomic mass is 10.2. The summed E-state index contributed by atoms with van der Waals surface area (Å²) in [6.07, 6.45) is 1.67. The van der Waals surface area contributed by atoms with Crippen LogP contribution < -0.4 is 4.90 Å². The minimum absolute atomic E-state index is 0.261. The van der Waals surface area contributed by atoms with E-state index in [0.29, 0.717) is 11.0 Å². The minimum Gasteiger partial charge on any atom is -0.478 e. The van der Waals surface area contributed by atoms with Gasteiger partial charge in [-0.15, -0.1) is 0 Å². The van der Waals surface area contributed by atoms with E-state index < -0.39 is 5.97 Å². The number of furan rings is 1.